The quantitative estimate of drug-likeness (QED) is 0.361. The Bertz CT molecular complexity index is 997. The van der Waals surface area contributed by atoms with Crippen LogP contribution in [0.1, 0.15) is 38.8 Å². The minimum Gasteiger partial charge on any atom is -0.372 e. The highest BCUT2D eigenvalue weighted by molar-refractivity contribution is 5.81. The van der Waals surface area contributed by atoms with Gasteiger partial charge < -0.3 is 9.80 Å². The standard InChI is InChI=1S/C24H32N8/c1-5-30(6-2)22-13-9-20(10-14-22)17-25-28-24-29-26-19-32(24)27-18-21-11-15-23(16-12-21)31(7-3)8-4/h9-19H,5-8H2,1-4H3,(H,28,29)/b25-17-,27-18-. The van der Waals surface area contributed by atoms with E-state index in [-0.39, 0.29) is 0 Å². The topological polar surface area (TPSA) is 73.9 Å². The van der Waals surface area contributed by atoms with Gasteiger partial charge in [-0.3, -0.25) is 0 Å². The zero-order chi connectivity index (χ0) is 22.8. The third-order valence-corrected chi connectivity index (χ3v) is 5.28. The smallest absolute Gasteiger partial charge is 0.265 e. The Hall–Kier alpha value is -3.68. The Morgan fingerprint density at radius 3 is 1.78 bits per heavy atom. The van der Waals surface area contributed by atoms with Crippen molar-refractivity contribution in [3.63, 3.8) is 0 Å². The molecule has 3 aromatic rings. The second-order valence-corrected chi connectivity index (χ2v) is 7.14. The summed E-state index contributed by atoms with van der Waals surface area (Å²) >= 11 is 0. The van der Waals surface area contributed by atoms with Crippen molar-refractivity contribution < 1.29 is 0 Å². The van der Waals surface area contributed by atoms with Crippen molar-refractivity contribution in [2.24, 2.45) is 10.2 Å². The van der Waals surface area contributed by atoms with Crippen molar-refractivity contribution in [1.82, 2.24) is 14.9 Å². The average molecular weight is 433 g/mol. The van der Waals surface area contributed by atoms with Gasteiger partial charge in [-0.15, -0.1) is 10.2 Å². The van der Waals surface area contributed by atoms with Gasteiger partial charge >= 0.3 is 0 Å². The van der Waals surface area contributed by atoms with E-state index in [2.05, 4.69) is 99.7 Å². The van der Waals surface area contributed by atoms with Gasteiger partial charge in [-0.2, -0.15) is 14.9 Å². The zero-order valence-electron chi connectivity index (χ0n) is 19.3. The summed E-state index contributed by atoms with van der Waals surface area (Å²) in [6, 6.07) is 16.6. The summed E-state index contributed by atoms with van der Waals surface area (Å²) in [5, 5.41) is 16.7. The molecule has 0 aliphatic rings. The molecule has 1 heterocycles. The van der Waals surface area contributed by atoms with E-state index in [1.165, 1.54) is 17.7 Å². The van der Waals surface area contributed by atoms with Gasteiger partial charge in [0, 0.05) is 37.6 Å². The van der Waals surface area contributed by atoms with Crippen LogP contribution < -0.4 is 15.2 Å². The summed E-state index contributed by atoms with van der Waals surface area (Å²) in [7, 11) is 0. The Morgan fingerprint density at radius 1 is 0.781 bits per heavy atom. The molecule has 0 amide bonds. The summed E-state index contributed by atoms with van der Waals surface area (Å²) in [6.45, 7) is 12.6. The summed E-state index contributed by atoms with van der Waals surface area (Å²) in [6.07, 6.45) is 5.06. The minimum atomic E-state index is 0.442. The van der Waals surface area contributed by atoms with Crippen LogP contribution in [0.4, 0.5) is 17.3 Å². The second-order valence-electron chi connectivity index (χ2n) is 7.14. The molecule has 0 radical (unpaired) electrons. The number of hydrazone groups is 1. The highest BCUT2D eigenvalue weighted by Gasteiger charge is 2.03. The number of benzene rings is 2. The van der Waals surface area contributed by atoms with E-state index in [1.54, 1.807) is 17.1 Å². The van der Waals surface area contributed by atoms with Gasteiger partial charge in [0.25, 0.3) is 5.95 Å². The summed E-state index contributed by atoms with van der Waals surface area (Å²) in [4.78, 5) is 4.61. The average Bonchev–Trinajstić information content (AvgIpc) is 3.28. The van der Waals surface area contributed by atoms with Gasteiger partial charge in [-0.25, -0.2) is 5.43 Å². The fourth-order valence-electron chi connectivity index (χ4n) is 3.40. The second kappa shape index (κ2) is 11.6. The molecule has 0 saturated heterocycles. The van der Waals surface area contributed by atoms with E-state index in [1.807, 2.05) is 12.1 Å². The highest BCUT2D eigenvalue weighted by atomic mass is 15.5. The number of hydrogen-bond acceptors (Lipinski definition) is 7. The van der Waals surface area contributed by atoms with E-state index >= 15 is 0 Å². The Balaban J connectivity index is 1.61. The molecule has 0 spiro atoms. The largest absolute Gasteiger partial charge is 0.372 e. The molecule has 0 aliphatic carbocycles. The van der Waals surface area contributed by atoms with Gasteiger partial charge in [0.2, 0.25) is 0 Å². The number of hydrogen-bond donors (Lipinski definition) is 1. The summed E-state index contributed by atoms with van der Waals surface area (Å²) < 4.78 is 1.55. The molecule has 8 heteroatoms. The van der Waals surface area contributed by atoms with E-state index in [4.69, 9.17) is 0 Å². The molecular weight excluding hydrogens is 400 g/mol. The third kappa shape index (κ3) is 5.94. The maximum atomic E-state index is 4.44. The lowest BCUT2D eigenvalue weighted by atomic mass is 10.2. The lowest BCUT2D eigenvalue weighted by Gasteiger charge is -2.20. The first kappa shape index (κ1) is 23.0. The predicted molar refractivity (Wildman–Crippen MR) is 134 cm³/mol. The molecule has 1 aromatic heterocycles. The van der Waals surface area contributed by atoms with Crippen LogP contribution in [0.3, 0.4) is 0 Å². The molecule has 32 heavy (non-hydrogen) atoms. The molecule has 0 saturated carbocycles. The van der Waals surface area contributed by atoms with Crippen molar-refractivity contribution in [3.05, 3.63) is 66.0 Å². The first-order chi connectivity index (χ1) is 15.7. The Kier molecular flexibility index (Phi) is 8.36. The van der Waals surface area contributed by atoms with E-state index < -0.39 is 0 Å². The molecule has 0 unspecified atom stereocenters. The molecule has 0 bridgehead atoms. The van der Waals surface area contributed by atoms with Crippen LogP contribution in [-0.4, -0.2) is 53.5 Å². The first-order valence-corrected chi connectivity index (χ1v) is 11.1. The van der Waals surface area contributed by atoms with Crippen LogP contribution >= 0.6 is 0 Å². The maximum absolute atomic E-state index is 4.44. The molecule has 8 nitrogen and oxygen atoms in total. The molecule has 0 fully saturated rings. The van der Waals surface area contributed by atoms with Crippen molar-refractivity contribution in [1.29, 1.82) is 0 Å². The SMILES string of the molecule is CCN(CC)c1ccc(/C=N\Nc2nncn2/N=C\c2ccc(N(CC)CC)cc2)cc1. The molecule has 1 N–H and O–H groups in total. The number of aromatic nitrogens is 3. The Morgan fingerprint density at radius 2 is 1.28 bits per heavy atom. The molecule has 168 valence electrons. The van der Waals surface area contributed by atoms with Crippen LogP contribution in [-0.2, 0) is 0 Å². The normalized spacial score (nSPS) is 11.4. The lowest BCUT2D eigenvalue weighted by molar-refractivity contribution is 0.866. The van der Waals surface area contributed by atoms with Gasteiger partial charge in [-0.1, -0.05) is 24.3 Å². The van der Waals surface area contributed by atoms with Crippen LogP contribution in [0.25, 0.3) is 0 Å². The molecule has 0 atom stereocenters. The Labute approximate surface area is 190 Å². The fourth-order valence-corrected chi connectivity index (χ4v) is 3.40. The first-order valence-electron chi connectivity index (χ1n) is 11.1. The summed E-state index contributed by atoms with van der Waals surface area (Å²) in [5.41, 5.74) is 7.31. The van der Waals surface area contributed by atoms with Crippen LogP contribution in [0.15, 0.2) is 65.1 Å². The van der Waals surface area contributed by atoms with Crippen molar-refractivity contribution >= 4 is 29.8 Å². The van der Waals surface area contributed by atoms with Crippen LogP contribution in [0, 0.1) is 0 Å². The van der Waals surface area contributed by atoms with Crippen LogP contribution in [0.2, 0.25) is 0 Å². The number of anilines is 3. The van der Waals surface area contributed by atoms with Crippen molar-refractivity contribution in [2.75, 3.05) is 41.4 Å². The van der Waals surface area contributed by atoms with Crippen molar-refractivity contribution in [2.45, 2.75) is 27.7 Å². The lowest BCUT2D eigenvalue weighted by Crippen LogP contribution is -2.21. The maximum Gasteiger partial charge on any atom is 0.265 e. The van der Waals surface area contributed by atoms with Gasteiger partial charge in [0.1, 0.15) is 6.33 Å². The van der Waals surface area contributed by atoms with Gasteiger partial charge in [-0.05, 0) is 63.1 Å². The fraction of sp³-hybridized carbons (Fsp3) is 0.333. The number of nitrogens with zero attached hydrogens (tertiary/aromatic N) is 7. The summed E-state index contributed by atoms with van der Waals surface area (Å²) in [5.74, 6) is 0.442. The third-order valence-electron chi connectivity index (χ3n) is 5.28. The van der Waals surface area contributed by atoms with Gasteiger partial charge in [0.15, 0.2) is 0 Å². The minimum absolute atomic E-state index is 0.442. The zero-order valence-corrected chi connectivity index (χ0v) is 19.3. The predicted octanol–water partition coefficient (Wildman–Crippen LogP) is 4.30. The molecular formula is C24H32N8. The molecule has 2 aromatic carbocycles. The molecule has 0 aliphatic heterocycles. The van der Waals surface area contributed by atoms with Gasteiger partial charge in [0.05, 0.1) is 12.4 Å². The highest BCUT2D eigenvalue weighted by Crippen LogP contribution is 2.15. The van der Waals surface area contributed by atoms with E-state index in [0.717, 1.165) is 37.3 Å². The van der Waals surface area contributed by atoms with Crippen LogP contribution in [0.5, 0.6) is 0 Å². The van der Waals surface area contributed by atoms with E-state index in [0.29, 0.717) is 5.95 Å². The van der Waals surface area contributed by atoms with E-state index in [9.17, 15) is 0 Å². The molecule has 3 rings (SSSR count). The number of rotatable bonds is 11. The van der Waals surface area contributed by atoms with Crippen molar-refractivity contribution in [3.8, 4) is 0 Å². The number of nitrogens with one attached hydrogen (secondary N) is 1. The monoisotopic (exact) mass is 432 g/mol.